The van der Waals surface area contributed by atoms with Gasteiger partial charge in [0.25, 0.3) is 0 Å². The van der Waals surface area contributed by atoms with E-state index in [1.165, 1.54) is 55.9 Å². The summed E-state index contributed by atoms with van der Waals surface area (Å²) >= 11 is 0. The summed E-state index contributed by atoms with van der Waals surface area (Å²) in [6.07, 6.45) is 6.64. The van der Waals surface area contributed by atoms with Crippen LogP contribution < -0.4 is 9.13 Å². The van der Waals surface area contributed by atoms with Gasteiger partial charge in [0, 0.05) is 35.4 Å². The molecule has 7 rings (SSSR count). The van der Waals surface area contributed by atoms with Crippen molar-refractivity contribution in [2.75, 3.05) is 0 Å². The molecule has 0 saturated heterocycles. The van der Waals surface area contributed by atoms with Gasteiger partial charge in [-0.1, -0.05) is 81.1 Å². The second-order valence-electron chi connectivity index (χ2n) is 11.7. The summed E-state index contributed by atoms with van der Waals surface area (Å²) in [6.45, 7) is 10.1. The molecule has 2 aliphatic heterocycles. The van der Waals surface area contributed by atoms with Crippen LogP contribution in [0.2, 0.25) is 0 Å². The van der Waals surface area contributed by atoms with E-state index >= 15 is 0 Å². The predicted octanol–water partition coefficient (Wildman–Crippen LogP) is 8.23. The van der Waals surface area contributed by atoms with Crippen LogP contribution in [0.5, 0.6) is 0 Å². The Morgan fingerprint density at radius 3 is 2.38 bits per heavy atom. The Hall–Kier alpha value is -4.30. The Morgan fingerprint density at radius 1 is 0.725 bits per heavy atom. The third kappa shape index (κ3) is 4.19. The molecule has 196 valence electrons. The van der Waals surface area contributed by atoms with Gasteiger partial charge in [0.1, 0.15) is 0 Å². The van der Waals surface area contributed by atoms with Crippen LogP contribution in [-0.2, 0) is 13.0 Å². The number of pyridine rings is 2. The maximum atomic E-state index is 4.78. The van der Waals surface area contributed by atoms with Gasteiger partial charge in [0.15, 0.2) is 25.0 Å². The van der Waals surface area contributed by atoms with Gasteiger partial charge in [-0.2, -0.15) is 9.13 Å². The molecular weight excluding hydrogens is 484 g/mol. The van der Waals surface area contributed by atoms with Crippen molar-refractivity contribution >= 4 is 0 Å². The molecule has 3 aromatic carbocycles. The average Bonchev–Trinajstić information content (AvgIpc) is 3.00. The normalized spacial score (nSPS) is 17.7. The number of hydrogen-bond donors (Lipinski definition) is 0. The van der Waals surface area contributed by atoms with E-state index in [-0.39, 0.29) is 6.04 Å². The van der Waals surface area contributed by atoms with Crippen molar-refractivity contribution in [3.63, 3.8) is 0 Å². The van der Waals surface area contributed by atoms with E-state index in [9.17, 15) is 0 Å². The van der Waals surface area contributed by atoms with Crippen molar-refractivity contribution in [2.45, 2.75) is 51.1 Å². The molecule has 2 aromatic heterocycles. The topological polar surface area (TPSA) is 7.76 Å². The molecule has 0 amide bonds. The Labute approximate surface area is 237 Å². The minimum Gasteiger partial charge on any atom is -0.194 e. The van der Waals surface area contributed by atoms with Crippen molar-refractivity contribution in [1.29, 1.82) is 0 Å². The molecule has 4 heterocycles. The Balaban J connectivity index is 1.43. The lowest BCUT2D eigenvalue weighted by Gasteiger charge is -2.32. The molecule has 2 atom stereocenters. The summed E-state index contributed by atoms with van der Waals surface area (Å²) in [7, 11) is 0. The summed E-state index contributed by atoms with van der Waals surface area (Å²) in [4.78, 5) is 0. The van der Waals surface area contributed by atoms with E-state index in [1.54, 1.807) is 0 Å². The van der Waals surface area contributed by atoms with E-state index < -0.39 is 0 Å². The first kappa shape index (κ1) is 24.7. The molecule has 2 unspecified atom stereocenters. The monoisotopic (exact) mass is 520 g/mol. The van der Waals surface area contributed by atoms with E-state index in [0.29, 0.717) is 11.8 Å². The number of nitrogens with zero attached hydrogens (tertiary/aromatic N) is 2. The van der Waals surface area contributed by atoms with Gasteiger partial charge in [-0.15, -0.1) is 0 Å². The molecule has 0 saturated carbocycles. The van der Waals surface area contributed by atoms with Gasteiger partial charge < -0.3 is 0 Å². The zero-order chi connectivity index (χ0) is 27.2. The second kappa shape index (κ2) is 10.0. The van der Waals surface area contributed by atoms with Gasteiger partial charge in [0.2, 0.25) is 11.4 Å². The van der Waals surface area contributed by atoms with Crippen LogP contribution in [0.15, 0.2) is 128 Å². The smallest absolute Gasteiger partial charge is 0.194 e. The lowest BCUT2D eigenvalue weighted by atomic mass is 9.76. The van der Waals surface area contributed by atoms with Crippen molar-refractivity contribution in [3.05, 3.63) is 144 Å². The first-order chi connectivity index (χ1) is 19.6. The third-order valence-electron chi connectivity index (χ3n) is 8.94. The van der Waals surface area contributed by atoms with Crippen LogP contribution in [0.4, 0.5) is 0 Å². The molecule has 0 N–H and O–H groups in total. The van der Waals surface area contributed by atoms with Gasteiger partial charge >= 0.3 is 0 Å². The minimum absolute atomic E-state index is 0.210. The number of aryl methyl sites for hydroxylation is 1. The Morgan fingerprint density at radius 2 is 1.52 bits per heavy atom. The van der Waals surface area contributed by atoms with Crippen molar-refractivity contribution < 1.29 is 9.13 Å². The highest BCUT2D eigenvalue weighted by Gasteiger charge is 2.43. The zero-order valence-corrected chi connectivity index (χ0v) is 23.4. The summed E-state index contributed by atoms with van der Waals surface area (Å²) in [5.74, 6) is 0.828. The molecule has 2 nitrogen and oxygen atoms in total. The Bertz CT molecular complexity index is 1730. The molecule has 0 bridgehead atoms. The fourth-order valence-corrected chi connectivity index (χ4v) is 6.88. The van der Waals surface area contributed by atoms with E-state index in [1.807, 2.05) is 0 Å². The molecule has 0 radical (unpaired) electrons. The molecule has 5 aromatic rings. The minimum atomic E-state index is 0.210. The fraction of sp³-hybridized carbons (Fsp3) is 0.211. The number of rotatable bonds is 2. The lowest BCUT2D eigenvalue weighted by molar-refractivity contribution is -0.723. The van der Waals surface area contributed by atoms with Gasteiger partial charge in [-0.3, -0.25) is 0 Å². The molecule has 40 heavy (non-hydrogen) atoms. The van der Waals surface area contributed by atoms with Gasteiger partial charge in [0.05, 0.1) is 11.5 Å². The highest BCUT2D eigenvalue weighted by Crippen LogP contribution is 2.44. The van der Waals surface area contributed by atoms with Crippen LogP contribution in [0, 0.1) is 0 Å². The highest BCUT2D eigenvalue weighted by molar-refractivity contribution is 5.73. The molecule has 0 fully saturated rings. The number of hydrogen-bond acceptors (Lipinski definition) is 0. The first-order valence-corrected chi connectivity index (χ1v) is 14.6. The number of aromatic nitrogens is 2. The molecule has 2 heteroatoms. The average molecular weight is 521 g/mol. The summed E-state index contributed by atoms with van der Waals surface area (Å²) in [6, 6.07) is 38.4. The Kier molecular flexibility index (Phi) is 6.20. The summed E-state index contributed by atoms with van der Waals surface area (Å²) in [5.41, 5.74) is 13.3. The summed E-state index contributed by atoms with van der Waals surface area (Å²) < 4.78 is 4.92. The number of fused-ring (bicyclic) bond motifs is 9. The first-order valence-electron chi connectivity index (χ1n) is 14.6. The van der Waals surface area contributed by atoms with Crippen LogP contribution in [0.25, 0.3) is 33.6 Å². The van der Waals surface area contributed by atoms with Crippen LogP contribution in [0.3, 0.4) is 0 Å². The molecule has 0 aliphatic carbocycles. The van der Waals surface area contributed by atoms with Crippen molar-refractivity contribution in [3.8, 4) is 33.6 Å². The lowest BCUT2D eigenvalue weighted by Crippen LogP contribution is -2.51. The van der Waals surface area contributed by atoms with Crippen molar-refractivity contribution in [1.82, 2.24) is 0 Å². The van der Waals surface area contributed by atoms with E-state index in [0.717, 1.165) is 19.4 Å². The second-order valence-corrected chi connectivity index (χ2v) is 11.7. The van der Waals surface area contributed by atoms with Gasteiger partial charge in [-0.25, -0.2) is 0 Å². The fourth-order valence-electron chi connectivity index (χ4n) is 6.88. The van der Waals surface area contributed by atoms with Crippen LogP contribution in [-0.4, -0.2) is 0 Å². The largest absolute Gasteiger partial charge is 0.213 e. The standard InChI is InChI=1S/C38H36N2/c1-26(2)30-20-22-39-25-27(3)38-34(32-13-7-8-14-33(32)36-15-9-10-21-40(36)38)19-18-29-16-17-31(23-35(29)37(39)24-30)28-11-5-4-6-12-28/h4-17,20-24,26,34,38H,3,18-19,25H2,1-2H3/q+2. The highest BCUT2D eigenvalue weighted by atomic mass is 15.0. The zero-order valence-electron chi connectivity index (χ0n) is 23.4. The molecule has 2 aliphatic rings. The van der Waals surface area contributed by atoms with Crippen LogP contribution >= 0.6 is 0 Å². The van der Waals surface area contributed by atoms with Gasteiger partial charge in [-0.05, 0) is 64.8 Å². The maximum absolute atomic E-state index is 4.78. The van der Waals surface area contributed by atoms with E-state index in [2.05, 4.69) is 139 Å². The van der Waals surface area contributed by atoms with Crippen LogP contribution in [0.1, 0.15) is 54.8 Å². The molecular formula is C38H36N2+2. The number of allylic oxidation sites excluding steroid dienone is 1. The number of benzene rings is 3. The molecule has 0 spiro atoms. The third-order valence-corrected chi connectivity index (χ3v) is 8.94. The maximum Gasteiger partial charge on any atom is 0.213 e. The predicted molar refractivity (Wildman–Crippen MR) is 163 cm³/mol. The SMILES string of the molecule is C=C1C[n+]2ccc(C(C)C)cc2-c2cc(-c3ccccc3)ccc2CCC2c3ccccc3-c3cccc[n+]3C12. The van der Waals surface area contributed by atoms with Crippen molar-refractivity contribution in [2.24, 2.45) is 0 Å². The quantitative estimate of drug-likeness (QED) is 0.164. The van der Waals surface area contributed by atoms with E-state index in [4.69, 9.17) is 6.58 Å². The summed E-state index contributed by atoms with van der Waals surface area (Å²) in [5, 5.41) is 0.